The summed E-state index contributed by atoms with van der Waals surface area (Å²) in [6.07, 6.45) is -3.24. The van der Waals surface area contributed by atoms with Gasteiger partial charge in [-0.05, 0) is 25.5 Å². The van der Waals surface area contributed by atoms with Crippen LogP contribution in [0.15, 0.2) is 23.0 Å². The number of carbonyl (C=O) groups is 2. The van der Waals surface area contributed by atoms with E-state index in [2.05, 4.69) is 4.98 Å². The van der Waals surface area contributed by atoms with Crippen molar-refractivity contribution in [2.24, 2.45) is 0 Å². The van der Waals surface area contributed by atoms with Crippen LogP contribution >= 0.6 is 0 Å². The van der Waals surface area contributed by atoms with Crippen molar-refractivity contribution in [1.29, 1.82) is 0 Å². The van der Waals surface area contributed by atoms with Gasteiger partial charge < -0.3 is 5.73 Å². The number of aryl methyl sites for hydroxylation is 1. The summed E-state index contributed by atoms with van der Waals surface area (Å²) < 4.78 is 24.5. The Morgan fingerprint density at radius 3 is 2.95 bits per heavy atom. The van der Waals surface area contributed by atoms with Gasteiger partial charge in [-0.25, -0.2) is 4.98 Å². The van der Waals surface area contributed by atoms with E-state index in [1.165, 1.54) is 19.1 Å². The van der Waals surface area contributed by atoms with Crippen LogP contribution in [0.2, 0.25) is 0 Å². The van der Waals surface area contributed by atoms with Crippen molar-refractivity contribution >= 4 is 28.2 Å². The summed E-state index contributed by atoms with van der Waals surface area (Å²) in [4.78, 5) is 40.9. The molecule has 6 nitrogen and oxygen atoms in total. The Labute approximate surface area is 124 Å². The molecule has 1 aliphatic carbocycles. The zero-order chi connectivity index (χ0) is 17.8. The van der Waals surface area contributed by atoms with Crippen LogP contribution < -0.4 is 11.3 Å². The molecule has 1 fully saturated rings. The van der Waals surface area contributed by atoms with E-state index in [0.29, 0.717) is 0 Å². The first-order chi connectivity index (χ1) is 11.2. The third-order valence-electron chi connectivity index (χ3n) is 3.49. The molecule has 1 aliphatic rings. The fraction of sp³-hybridized carbons (Fsp3) is 0.333. The molecular formula is C15H15N3O3. The van der Waals surface area contributed by atoms with Gasteiger partial charge in [0.2, 0.25) is 0 Å². The number of nitrogens with zero attached hydrogens (tertiary/aromatic N) is 2. The second-order valence-electron chi connectivity index (χ2n) is 4.92. The van der Waals surface area contributed by atoms with Crippen molar-refractivity contribution < 1.29 is 13.7 Å². The van der Waals surface area contributed by atoms with Crippen molar-refractivity contribution in [2.45, 2.75) is 32.2 Å². The lowest BCUT2D eigenvalue weighted by molar-refractivity contribution is -0.132. The zero-order valence-electron chi connectivity index (χ0n) is 14.3. The zero-order valence-corrected chi connectivity index (χ0v) is 11.3. The van der Waals surface area contributed by atoms with Crippen LogP contribution in [0.3, 0.4) is 0 Å². The first kappa shape index (κ1) is 10.3. The lowest BCUT2D eigenvalue weighted by Gasteiger charge is -2.24. The first-order valence-corrected chi connectivity index (χ1v) is 6.41. The molecule has 3 rings (SSSR count). The Kier molecular flexibility index (Phi) is 2.35. The number of anilines is 1. The predicted molar refractivity (Wildman–Crippen MR) is 78.1 cm³/mol. The van der Waals surface area contributed by atoms with Crippen molar-refractivity contribution in [3.63, 3.8) is 0 Å². The number of ketones is 2. The number of carbonyl (C=O) groups excluding carboxylic acids is 2. The third kappa shape index (κ3) is 2.12. The molecule has 1 aromatic heterocycles. The van der Waals surface area contributed by atoms with E-state index in [1.54, 1.807) is 0 Å². The lowest BCUT2D eigenvalue weighted by atomic mass is 9.92. The van der Waals surface area contributed by atoms with Crippen LogP contribution in [-0.4, -0.2) is 21.1 Å². The quantitative estimate of drug-likeness (QED) is 0.627. The molecule has 1 aromatic carbocycles. The molecule has 6 heteroatoms. The van der Waals surface area contributed by atoms with Gasteiger partial charge in [0.15, 0.2) is 5.78 Å². The van der Waals surface area contributed by atoms with Crippen molar-refractivity contribution in [3.05, 3.63) is 34.4 Å². The van der Waals surface area contributed by atoms with Crippen molar-refractivity contribution in [2.75, 3.05) is 5.73 Å². The lowest BCUT2D eigenvalue weighted by Crippen LogP contribution is -2.36. The number of nitrogen functional groups attached to an aromatic ring is 1. The van der Waals surface area contributed by atoms with Gasteiger partial charge in [0.25, 0.3) is 5.56 Å². The number of fused-ring (bicyclic) bond motifs is 1. The van der Waals surface area contributed by atoms with Crippen LogP contribution in [0.5, 0.6) is 0 Å². The van der Waals surface area contributed by atoms with Gasteiger partial charge in [0.1, 0.15) is 11.6 Å². The minimum absolute atomic E-state index is 0.0621. The Hall–Kier alpha value is -2.50. The minimum atomic E-state index is -1.39. The van der Waals surface area contributed by atoms with Crippen LogP contribution in [0, 0.1) is 6.92 Å². The molecule has 3 unspecified atom stereocenters. The fourth-order valence-electron chi connectivity index (χ4n) is 2.52. The molecule has 0 saturated heterocycles. The molecule has 0 aliphatic heterocycles. The molecule has 1 saturated carbocycles. The molecule has 0 bridgehead atoms. The van der Waals surface area contributed by atoms with E-state index in [-0.39, 0.29) is 28.5 Å². The predicted octanol–water partition coefficient (Wildman–Crippen LogP) is 1.15. The van der Waals surface area contributed by atoms with Gasteiger partial charge in [-0.1, -0.05) is 6.04 Å². The molecule has 2 N–H and O–H groups in total. The molecule has 21 heavy (non-hydrogen) atoms. The van der Waals surface area contributed by atoms with E-state index in [0.717, 1.165) is 4.57 Å². The smallest absolute Gasteiger partial charge is 0.264 e. The molecule has 2 aromatic rings. The highest BCUT2D eigenvalue weighted by molar-refractivity contribution is 6.03. The van der Waals surface area contributed by atoms with Gasteiger partial charge in [0, 0.05) is 14.8 Å². The summed E-state index contributed by atoms with van der Waals surface area (Å²) in [7, 11) is 0. The summed E-state index contributed by atoms with van der Waals surface area (Å²) in [5.41, 5.74) is 5.52. The van der Waals surface area contributed by atoms with E-state index >= 15 is 0 Å². The van der Waals surface area contributed by atoms with Crippen LogP contribution in [-0.2, 0) is 9.59 Å². The van der Waals surface area contributed by atoms with E-state index in [9.17, 15) is 14.4 Å². The number of rotatable bonds is 1. The summed E-state index contributed by atoms with van der Waals surface area (Å²) in [6, 6.07) is 1.56. The van der Waals surface area contributed by atoms with Gasteiger partial charge in [0.05, 0.1) is 24.7 Å². The Bertz CT molecular complexity index is 941. The van der Waals surface area contributed by atoms with Crippen molar-refractivity contribution in [1.82, 2.24) is 9.55 Å². The number of hydrogen-bond donors (Lipinski definition) is 1. The molecule has 1 heterocycles. The molecule has 0 spiro atoms. The SMILES string of the molecule is [2H]c1cc(N)c2c(=O)n(C3C(=O)CC(=O)C([2H])C3[2H])c(C)nc2c1. The maximum absolute atomic E-state index is 12.9. The van der Waals surface area contributed by atoms with Gasteiger partial charge in [-0.15, -0.1) is 0 Å². The summed E-state index contributed by atoms with van der Waals surface area (Å²) in [5.74, 6) is -1.02. The van der Waals surface area contributed by atoms with E-state index < -0.39 is 42.4 Å². The topological polar surface area (TPSA) is 95.0 Å². The molecule has 3 atom stereocenters. The highest BCUT2D eigenvalue weighted by Gasteiger charge is 2.30. The number of benzene rings is 1. The monoisotopic (exact) mass is 288 g/mol. The maximum atomic E-state index is 12.9. The average Bonchev–Trinajstić information content (AvgIpc) is 2.47. The van der Waals surface area contributed by atoms with Gasteiger partial charge in [-0.2, -0.15) is 0 Å². The second kappa shape index (κ2) is 4.80. The highest BCUT2D eigenvalue weighted by atomic mass is 16.2. The van der Waals surface area contributed by atoms with Gasteiger partial charge >= 0.3 is 0 Å². The van der Waals surface area contributed by atoms with Crippen LogP contribution in [0.4, 0.5) is 5.69 Å². The number of nitrogens with two attached hydrogens (primary N) is 1. The summed E-state index contributed by atoms with van der Waals surface area (Å²) in [5, 5.41) is 0.0648. The van der Waals surface area contributed by atoms with Crippen LogP contribution in [0.25, 0.3) is 10.9 Å². The van der Waals surface area contributed by atoms with Crippen molar-refractivity contribution in [3.8, 4) is 0 Å². The fourth-order valence-corrected chi connectivity index (χ4v) is 2.52. The number of Topliss-reactive ketones (excluding diaryl/α,β-unsaturated/α-hetero) is 2. The first-order valence-electron chi connectivity index (χ1n) is 8.06. The van der Waals surface area contributed by atoms with E-state index in [1.807, 2.05) is 0 Å². The Morgan fingerprint density at radius 2 is 2.19 bits per heavy atom. The van der Waals surface area contributed by atoms with E-state index in [4.69, 9.17) is 9.85 Å². The second-order valence-corrected chi connectivity index (χ2v) is 4.92. The normalized spacial score (nSPS) is 28.2. The highest BCUT2D eigenvalue weighted by Crippen LogP contribution is 2.24. The number of hydrogen-bond acceptors (Lipinski definition) is 5. The Morgan fingerprint density at radius 1 is 1.43 bits per heavy atom. The summed E-state index contributed by atoms with van der Waals surface area (Å²) in [6.45, 7) is 1.50. The number of aromatic nitrogens is 2. The maximum Gasteiger partial charge on any atom is 0.264 e. The van der Waals surface area contributed by atoms with Crippen LogP contribution in [0.1, 0.15) is 35.2 Å². The van der Waals surface area contributed by atoms with Gasteiger partial charge in [-0.3, -0.25) is 19.0 Å². The standard InChI is InChI=1S/C15H15N3O3/c1-8-17-11-4-2-3-10(16)14(11)15(21)18(8)12-6-5-9(19)7-13(12)20/h2-4,12H,5-7,16H2,1H3/i2D,5D,6D. The molecule has 0 radical (unpaired) electrons. The molecular weight excluding hydrogens is 270 g/mol. The molecule has 0 amide bonds. The average molecular weight is 288 g/mol. The largest absolute Gasteiger partial charge is 0.398 e. The minimum Gasteiger partial charge on any atom is -0.398 e. The molecule has 108 valence electrons. The third-order valence-corrected chi connectivity index (χ3v) is 3.49. The summed E-state index contributed by atoms with van der Waals surface area (Å²) >= 11 is 0. The Balaban J connectivity index is 2.29.